The molecule has 2 heterocycles. The number of anilines is 1. The highest BCUT2D eigenvalue weighted by molar-refractivity contribution is 6.30. The molecule has 0 bridgehead atoms. The van der Waals surface area contributed by atoms with E-state index < -0.39 is 0 Å². The number of benzene rings is 1. The Balaban J connectivity index is 2.02. The Morgan fingerprint density at radius 1 is 1.14 bits per heavy atom. The van der Waals surface area contributed by atoms with E-state index in [4.69, 9.17) is 16.6 Å². The Kier molecular flexibility index (Phi) is 4.34. The molecule has 0 atom stereocenters. The molecule has 0 saturated heterocycles. The normalized spacial score (nSPS) is 11.3. The van der Waals surface area contributed by atoms with Gasteiger partial charge in [-0.3, -0.25) is 4.40 Å². The van der Waals surface area contributed by atoms with Crippen molar-refractivity contribution in [1.29, 1.82) is 0 Å². The minimum atomic E-state index is 0.672. The third-order valence-corrected chi connectivity index (χ3v) is 3.91. The summed E-state index contributed by atoms with van der Waals surface area (Å²) in [7, 11) is 0. The highest BCUT2D eigenvalue weighted by atomic mass is 35.5. The summed E-state index contributed by atoms with van der Waals surface area (Å²) in [6.45, 7) is 5.40. The monoisotopic (exact) mass is 313 g/mol. The average Bonchev–Trinajstić information content (AvgIpc) is 2.87. The number of hydrogen-bond donors (Lipinski definition) is 1. The highest BCUT2D eigenvalue weighted by Crippen LogP contribution is 2.29. The Morgan fingerprint density at radius 3 is 2.64 bits per heavy atom. The number of rotatable bonds is 5. The maximum absolute atomic E-state index is 5.99. The van der Waals surface area contributed by atoms with Crippen LogP contribution < -0.4 is 5.32 Å². The van der Waals surface area contributed by atoms with E-state index in [1.807, 2.05) is 48.7 Å². The predicted molar refractivity (Wildman–Crippen MR) is 93.6 cm³/mol. The molecule has 114 valence electrons. The van der Waals surface area contributed by atoms with Gasteiger partial charge in [0, 0.05) is 23.3 Å². The molecule has 22 heavy (non-hydrogen) atoms. The number of nitrogens with one attached hydrogen (secondary N) is 1. The van der Waals surface area contributed by atoms with Crippen LogP contribution in [0.5, 0.6) is 0 Å². The van der Waals surface area contributed by atoms with Crippen molar-refractivity contribution in [3.63, 3.8) is 0 Å². The summed E-state index contributed by atoms with van der Waals surface area (Å²) >= 11 is 5.99. The number of pyridine rings is 1. The first-order valence-corrected chi connectivity index (χ1v) is 8.00. The first-order chi connectivity index (χ1) is 10.6. The van der Waals surface area contributed by atoms with E-state index in [-0.39, 0.29) is 0 Å². The summed E-state index contributed by atoms with van der Waals surface area (Å²) in [5.41, 5.74) is 2.98. The van der Waals surface area contributed by atoms with Crippen LogP contribution in [0.15, 0.2) is 48.7 Å². The number of fused-ring (bicyclic) bond motifs is 1. The molecule has 1 aromatic carbocycles. The molecule has 0 saturated carbocycles. The fourth-order valence-electron chi connectivity index (χ4n) is 2.45. The fraction of sp³-hybridized carbons (Fsp3) is 0.278. The zero-order valence-electron chi connectivity index (χ0n) is 12.9. The van der Waals surface area contributed by atoms with Crippen molar-refractivity contribution in [2.75, 3.05) is 11.9 Å². The van der Waals surface area contributed by atoms with Crippen LogP contribution in [0.2, 0.25) is 5.02 Å². The van der Waals surface area contributed by atoms with Crippen molar-refractivity contribution >= 4 is 23.1 Å². The molecule has 0 spiro atoms. The van der Waals surface area contributed by atoms with Crippen molar-refractivity contribution in [2.45, 2.75) is 20.3 Å². The van der Waals surface area contributed by atoms with Crippen LogP contribution in [0.3, 0.4) is 0 Å². The molecule has 0 radical (unpaired) electrons. The van der Waals surface area contributed by atoms with E-state index in [1.165, 1.54) is 0 Å². The number of imidazole rings is 1. The molecule has 0 aliphatic heterocycles. The van der Waals surface area contributed by atoms with Crippen LogP contribution in [0, 0.1) is 5.92 Å². The largest absolute Gasteiger partial charge is 0.369 e. The van der Waals surface area contributed by atoms with Crippen molar-refractivity contribution in [3.8, 4) is 11.3 Å². The van der Waals surface area contributed by atoms with E-state index in [2.05, 4.69) is 23.6 Å². The zero-order chi connectivity index (χ0) is 15.5. The molecule has 2 aromatic heterocycles. The summed E-state index contributed by atoms with van der Waals surface area (Å²) in [5, 5.41) is 4.29. The van der Waals surface area contributed by atoms with Gasteiger partial charge in [-0.2, -0.15) is 0 Å². The molecular formula is C18H20ClN3. The third kappa shape index (κ3) is 3.09. The molecule has 0 aliphatic rings. The predicted octanol–water partition coefficient (Wildman–Crippen LogP) is 5.11. The van der Waals surface area contributed by atoms with Crippen molar-refractivity contribution in [1.82, 2.24) is 9.38 Å². The molecule has 3 aromatic rings. The SMILES string of the molecule is CC(C)CCNc1c(-c2ccc(Cl)cc2)nc2ccccn12. The summed E-state index contributed by atoms with van der Waals surface area (Å²) in [5.74, 6) is 1.71. The fourth-order valence-corrected chi connectivity index (χ4v) is 2.58. The van der Waals surface area contributed by atoms with E-state index >= 15 is 0 Å². The van der Waals surface area contributed by atoms with E-state index in [9.17, 15) is 0 Å². The molecule has 3 nitrogen and oxygen atoms in total. The summed E-state index contributed by atoms with van der Waals surface area (Å²) in [6, 6.07) is 13.9. The topological polar surface area (TPSA) is 29.3 Å². The molecule has 1 N–H and O–H groups in total. The number of aromatic nitrogens is 2. The van der Waals surface area contributed by atoms with Gasteiger partial charge in [-0.05, 0) is 36.6 Å². The lowest BCUT2D eigenvalue weighted by Gasteiger charge is -2.10. The van der Waals surface area contributed by atoms with Crippen molar-refractivity contribution in [3.05, 3.63) is 53.7 Å². The number of halogens is 1. The molecule has 0 fully saturated rings. The summed E-state index contributed by atoms with van der Waals surface area (Å²) in [4.78, 5) is 4.77. The quantitative estimate of drug-likeness (QED) is 0.709. The highest BCUT2D eigenvalue weighted by Gasteiger charge is 2.13. The minimum Gasteiger partial charge on any atom is -0.369 e. The van der Waals surface area contributed by atoms with E-state index in [0.29, 0.717) is 5.92 Å². The third-order valence-electron chi connectivity index (χ3n) is 3.66. The maximum atomic E-state index is 5.99. The van der Waals surface area contributed by atoms with Gasteiger partial charge in [0.1, 0.15) is 17.2 Å². The van der Waals surface area contributed by atoms with Crippen LogP contribution in [-0.2, 0) is 0 Å². The first-order valence-electron chi connectivity index (χ1n) is 7.62. The van der Waals surface area contributed by atoms with Gasteiger partial charge in [-0.25, -0.2) is 4.98 Å². The standard InChI is InChI=1S/C18H20ClN3/c1-13(2)10-11-20-18-17(14-6-8-15(19)9-7-14)21-16-5-3-4-12-22(16)18/h3-9,12-13,20H,10-11H2,1-2H3. The van der Waals surface area contributed by atoms with Crippen molar-refractivity contribution in [2.24, 2.45) is 5.92 Å². The van der Waals surface area contributed by atoms with Gasteiger partial charge in [0.2, 0.25) is 0 Å². The molecule has 4 heteroatoms. The number of hydrogen-bond acceptors (Lipinski definition) is 2. The molecule has 0 unspecified atom stereocenters. The number of nitrogens with zero attached hydrogens (tertiary/aromatic N) is 2. The first kappa shape index (κ1) is 14.9. The Morgan fingerprint density at radius 2 is 1.91 bits per heavy atom. The zero-order valence-corrected chi connectivity index (χ0v) is 13.6. The van der Waals surface area contributed by atoms with Crippen LogP contribution in [-0.4, -0.2) is 15.9 Å². The van der Waals surface area contributed by atoms with Gasteiger partial charge in [-0.1, -0.05) is 43.6 Å². The second-order valence-corrected chi connectivity index (χ2v) is 6.29. The Labute approximate surface area is 136 Å². The smallest absolute Gasteiger partial charge is 0.139 e. The minimum absolute atomic E-state index is 0.672. The van der Waals surface area contributed by atoms with Crippen LogP contribution in [0.4, 0.5) is 5.82 Å². The molecular weight excluding hydrogens is 294 g/mol. The average molecular weight is 314 g/mol. The molecule has 0 amide bonds. The van der Waals surface area contributed by atoms with E-state index in [0.717, 1.165) is 40.7 Å². The second-order valence-electron chi connectivity index (χ2n) is 5.85. The lowest BCUT2D eigenvalue weighted by molar-refractivity contribution is 0.606. The summed E-state index contributed by atoms with van der Waals surface area (Å²) < 4.78 is 2.10. The van der Waals surface area contributed by atoms with Crippen LogP contribution in [0.25, 0.3) is 16.9 Å². The molecule has 0 aliphatic carbocycles. The van der Waals surface area contributed by atoms with E-state index in [1.54, 1.807) is 0 Å². The lowest BCUT2D eigenvalue weighted by Crippen LogP contribution is -2.07. The molecule has 3 rings (SSSR count). The van der Waals surface area contributed by atoms with Gasteiger partial charge in [0.25, 0.3) is 0 Å². The van der Waals surface area contributed by atoms with Gasteiger partial charge in [-0.15, -0.1) is 0 Å². The summed E-state index contributed by atoms with van der Waals surface area (Å²) in [6.07, 6.45) is 3.17. The van der Waals surface area contributed by atoms with Gasteiger partial charge >= 0.3 is 0 Å². The van der Waals surface area contributed by atoms with Gasteiger partial charge in [0.05, 0.1) is 0 Å². The second kappa shape index (κ2) is 6.41. The Hall–Kier alpha value is -2.00. The maximum Gasteiger partial charge on any atom is 0.139 e. The van der Waals surface area contributed by atoms with Crippen molar-refractivity contribution < 1.29 is 0 Å². The Bertz CT molecular complexity index is 760. The lowest BCUT2D eigenvalue weighted by atomic mass is 10.1. The van der Waals surface area contributed by atoms with Crippen LogP contribution >= 0.6 is 11.6 Å². The van der Waals surface area contributed by atoms with Gasteiger partial charge in [0.15, 0.2) is 0 Å². The van der Waals surface area contributed by atoms with Crippen LogP contribution in [0.1, 0.15) is 20.3 Å². The van der Waals surface area contributed by atoms with Gasteiger partial charge < -0.3 is 5.32 Å².